The highest BCUT2D eigenvalue weighted by molar-refractivity contribution is 9.10. The Morgan fingerprint density at radius 3 is 2.42 bits per heavy atom. The van der Waals surface area contributed by atoms with Gasteiger partial charge in [0.15, 0.2) is 0 Å². The summed E-state index contributed by atoms with van der Waals surface area (Å²) < 4.78 is 28.1. The molecule has 0 spiro atoms. The molecule has 2 aromatic rings. The first kappa shape index (κ1) is 14.6. The van der Waals surface area contributed by atoms with Crippen molar-refractivity contribution < 1.29 is 13.9 Å². The Hall–Kier alpha value is -0.780. The summed E-state index contributed by atoms with van der Waals surface area (Å²) in [5.41, 5.74) is 0.786. The van der Waals surface area contributed by atoms with Gasteiger partial charge < -0.3 is 5.11 Å². The van der Waals surface area contributed by atoms with E-state index in [-0.39, 0.29) is 6.42 Å². The molecule has 5 heteroatoms. The predicted molar refractivity (Wildman–Crippen MR) is 76.9 cm³/mol. The zero-order valence-corrected chi connectivity index (χ0v) is 12.9. The van der Waals surface area contributed by atoms with Crippen LogP contribution < -0.4 is 0 Å². The molecule has 2 rings (SSSR count). The first-order chi connectivity index (χ1) is 8.95. The van der Waals surface area contributed by atoms with Crippen molar-refractivity contribution in [2.75, 3.05) is 0 Å². The van der Waals surface area contributed by atoms with E-state index in [4.69, 9.17) is 0 Å². The highest BCUT2D eigenvalue weighted by Crippen LogP contribution is 2.25. The molecule has 1 atom stereocenters. The second-order valence-corrected chi connectivity index (χ2v) is 5.99. The van der Waals surface area contributed by atoms with Crippen molar-refractivity contribution in [3.05, 3.63) is 68.1 Å². The lowest BCUT2D eigenvalue weighted by molar-refractivity contribution is 0.176. The number of rotatable bonds is 3. The molecular weight excluding hydrogens is 382 g/mol. The zero-order valence-electron chi connectivity index (χ0n) is 9.71. The van der Waals surface area contributed by atoms with Crippen LogP contribution in [-0.2, 0) is 6.42 Å². The van der Waals surface area contributed by atoms with Gasteiger partial charge in [-0.2, -0.15) is 0 Å². The van der Waals surface area contributed by atoms with E-state index in [9.17, 15) is 13.9 Å². The number of hydrogen-bond donors (Lipinski definition) is 1. The normalized spacial score (nSPS) is 12.5. The van der Waals surface area contributed by atoms with Gasteiger partial charge in [0.05, 0.1) is 6.10 Å². The maximum absolute atomic E-state index is 13.6. The Balaban J connectivity index is 2.25. The molecule has 0 aromatic heterocycles. The van der Waals surface area contributed by atoms with Crippen LogP contribution in [0.4, 0.5) is 8.78 Å². The van der Waals surface area contributed by atoms with Crippen molar-refractivity contribution in [2.45, 2.75) is 12.5 Å². The number of benzene rings is 2. The Morgan fingerprint density at radius 1 is 1.00 bits per heavy atom. The maximum atomic E-state index is 13.6. The molecule has 0 fully saturated rings. The number of halogens is 4. The molecule has 1 unspecified atom stereocenters. The van der Waals surface area contributed by atoms with E-state index >= 15 is 0 Å². The fourth-order valence-electron chi connectivity index (χ4n) is 1.79. The molecule has 0 aliphatic heterocycles. The van der Waals surface area contributed by atoms with Crippen molar-refractivity contribution >= 4 is 31.9 Å². The second-order valence-electron chi connectivity index (χ2n) is 4.16. The lowest BCUT2D eigenvalue weighted by Crippen LogP contribution is -2.04. The monoisotopic (exact) mass is 390 g/mol. The molecule has 0 radical (unpaired) electrons. The molecule has 1 N–H and O–H groups in total. The molecule has 0 heterocycles. The van der Waals surface area contributed by atoms with E-state index in [1.165, 1.54) is 18.2 Å². The van der Waals surface area contributed by atoms with Gasteiger partial charge >= 0.3 is 0 Å². The van der Waals surface area contributed by atoms with E-state index in [0.29, 0.717) is 15.6 Å². The largest absolute Gasteiger partial charge is 0.388 e. The van der Waals surface area contributed by atoms with Crippen LogP contribution in [0, 0.1) is 11.6 Å². The van der Waals surface area contributed by atoms with Crippen molar-refractivity contribution in [3.63, 3.8) is 0 Å². The Morgan fingerprint density at radius 2 is 1.74 bits per heavy atom. The van der Waals surface area contributed by atoms with Crippen molar-refractivity contribution in [3.8, 4) is 0 Å². The van der Waals surface area contributed by atoms with Gasteiger partial charge in [0.25, 0.3) is 0 Å². The van der Waals surface area contributed by atoms with Gasteiger partial charge in [-0.25, -0.2) is 8.78 Å². The Labute approximate surface area is 126 Å². The van der Waals surface area contributed by atoms with Gasteiger partial charge in [-0.05, 0) is 47.5 Å². The van der Waals surface area contributed by atoms with Gasteiger partial charge in [-0.15, -0.1) is 0 Å². The third kappa shape index (κ3) is 3.84. The van der Waals surface area contributed by atoms with E-state index < -0.39 is 17.7 Å². The summed E-state index contributed by atoms with van der Waals surface area (Å²) in [6.07, 6.45) is -0.878. The van der Waals surface area contributed by atoms with E-state index in [0.717, 1.165) is 4.47 Å². The summed E-state index contributed by atoms with van der Waals surface area (Å²) in [4.78, 5) is 0. The summed E-state index contributed by atoms with van der Waals surface area (Å²) in [7, 11) is 0. The van der Waals surface area contributed by atoms with Crippen molar-refractivity contribution in [1.29, 1.82) is 0 Å². The minimum atomic E-state index is -0.962. The smallest absolute Gasteiger partial charge is 0.126 e. The molecule has 0 amide bonds. The minimum absolute atomic E-state index is 0.0845. The predicted octanol–water partition coefficient (Wildman–Crippen LogP) is 4.77. The molecule has 0 aliphatic rings. The van der Waals surface area contributed by atoms with Gasteiger partial charge in [0.2, 0.25) is 0 Å². The molecule has 0 saturated carbocycles. The lowest BCUT2D eigenvalue weighted by atomic mass is 10.0. The van der Waals surface area contributed by atoms with E-state index in [1.54, 1.807) is 18.2 Å². The summed E-state index contributed by atoms with van der Waals surface area (Å²) in [5.74, 6) is -0.837. The lowest BCUT2D eigenvalue weighted by Gasteiger charge is -2.12. The summed E-state index contributed by atoms with van der Waals surface area (Å²) in [5, 5.41) is 10.1. The summed E-state index contributed by atoms with van der Waals surface area (Å²) >= 11 is 6.41. The molecule has 100 valence electrons. The Bertz CT molecular complexity index is 582. The number of aliphatic hydroxyl groups is 1. The van der Waals surface area contributed by atoms with Gasteiger partial charge in [-0.3, -0.25) is 0 Å². The van der Waals surface area contributed by atoms with Crippen LogP contribution in [-0.4, -0.2) is 5.11 Å². The van der Waals surface area contributed by atoms with Crippen LogP contribution in [0.1, 0.15) is 17.2 Å². The number of hydrogen-bond acceptors (Lipinski definition) is 1. The van der Waals surface area contributed by atoms with E-state index in [1.807, 2.05) is 0 Å². The van der Waals surface area contributed by atoms with Crippen LogP contribution in [0.15, 0.2) is 45.3 Å². The molecular formula is C14H10Br2F2O. The average Bonchev–Trinajstić information content (AvgIpc) is 2.32. The van der Waals surface area contributed by atoms with Crippen LogP contribution in [0.5, 0.6) is 0 Å². The first-order valence-electron chi connectivity index (χ1n) is 5.53. The van der Waals surface area contributed by atoms with Gasteiger partial charge in [0.1, 0.15) is 11.6 Å². The fraction of sp³-hybridized carbons (Fsp3) is 0.143. The SMILES string of the molecule is OC(Cc1cc(Br)ccc1F)c1cc(F)cc(Br)c1. The standard InChI is InChI=1S/C14H10Br2F2O/c15-10-1-2-13(18)8(3-10)6-14(19)9-4-11(16)7-12(17)5-9/h1-5,7,14,19H,6H2. The average molecular weight is 392 g/mol. The Kier molecular flexibility index (Phi) is 4.71. The third-order valence-electron chi connectivity index (χ3n) is 2.69. The summed E-state index contributed by atoms with van der Waals surface area (Å²) in [6, 6.07) is 8.68. The first-order valence-corrected chi connectivity index (χ1v) is 7.12. The quantitative estimate of drug-likeness (QED) is 0.799. The fourth-order valence-corrected chi connectivity index (χ4v) is 2.68. The topological polar surface area (TPSA) is 20.2 Å². The molecule has 1 nitrogen and oxygen atoms in total. The van der Waals surface area contributed by atoms with E-state index in [2.05, 4.69) is 31.9 Å². The molecule has 0 bridgehead atoms. The van der Waals surface area contributed by atoms with Crippen LogP contribution in [0.2, 0.25) is 0 Å². The molecule has 2 aromatic carbocycles. The van der Waals surface area contributed by atoms with Crippen LogP contribution in [0.3, 0.4) is 0 Å². The van der Waals surface area contributed by atoms with Crippen LogP contribution >= 0.6 is 31.9 Å². The van der Waals surface area contributed by atoms with Crippen molar-refractivity contribution in [1.82, 2.24) is 0 Å². The van der Waals surface area contributed by atoms with Gasteiger partial charge in [0, 0.05) is 15.4 Å². The highest BCUT2D eigenvalue weighted by atomic mass is 79.9. The third-order valence-corrected chi connectivity index (χ3v) is 3.64. The minimum Gasteiger partial charge on any atom is -0.388 e. The molecule has 0 aliphatic carbocycles. The summed E-state index contributed by atoms with van der Waals surface area (Å²) in [6.45, 7) is 0. The highest BCUT2D eigenvalue weighted by Gasteiger charge is 2.13. The maximum Gasteiger partial charge on any atom is 0.126 e. The van der Waals surface area contributed by atoms with Gasteiger partial charge in [-0.1, -0.05) is 31.9 Å². The van der Waals surface area contributed by atoms with Crippen molar-refractivity contribution in [2.24, 2.45) is 0 Å². The van der Waals surface area contributed by atoms with Crippen LogP contribution in [0.25, 0.3) is 0 Å². The zero-order chi connectivity index (χ0) is 14.0. The molecule has 19 heavy (non-hydrogen) atoms. The second kappa shape index (κ2) is 6.11. The number of aliphatic hydroxyl groups excluding tert-OH is 1. The molecule has 0 saturated heterocycles.